The molecule has 0 N–H and O–H groups in total. The van der Waals surface area contributed by atoms with Crippen LogP contribution in [0.25, 0.3) is 0 Å². The molecule has 2 aromatic rings. The van der Waals surface area contributed by atoms with Crippen LogP contribution in [0, 0.1) is 5.41 Å². The van der Waals surface area contributed by atoms with Crippen LogP contribution in [0.15, 0.2) is 60.7 Å². The van der Waals surface area contributed by atoms with E-state index >= 15 is 0 Å². The molecule has 29 heavy (non-hydrogen) atoms. The fraction of sp³-hybridized carbons (Fsp3) is 0.556. The van der Waals surface area contributed by atoms with Crippen molar-refractivity contribution in [1.29, 1.82) is 0 Å². The van der Waals surface area contributed by atoms with Crippen LogP contribution in [0.5, 0.6) is 0 Å². The molecule has 2 heteroatoms. The Bertz CT molecular complexity index is 680. The van der Waals surface area contributed by atoms with Crippen LogP contribution in [0.1, 0.15) is 63.5 Å². The van der Waals surface area contributed by atoms with Gasteiger partial charge in [-0.25, -0.2) is 0 Å². The van der Waals surface area contributed by atoms with Crippen molar-refractivity contribution in [3.8, 4) is 0 Å². The highest BCUT2D eigenvalue weighted by Crippen LogP contribution is 2.34. The molecule has 0 amide bonds. The third kappa shape index (κ3) is 5.71. The fourth-order valence-electron chi connectivity index (χ4n) is 5.23. The molecule has 2 nitrogen and oxygen atoms in total. The van der Waals surface area contributed by atoms with Gasteiger partial charge in [-0.2, -0.15) is 0 Å². The molecule has 0 atom stereocenters. The number of likely N-dealkylation sites (tertiary alicyclic amines) is 1. The van der Waals surface area contributed by atoms with Gasteiger partial charge in [-0.05, 0) is 68.2 Å². The van der Waals surface area contributed by atoms with E-state index in [2.05, 4.69) is 84.3 Å². The fourth-order valence-corrected chi connectivity index (χ4v) is 5.23. The molecular weight excluding hydrogens is 352 g/mol. The van der Waals surface area contributed by atoms with Gasteiger partial charge in [0.1, 0.15) is 0 Å². The number of hydrogen-bond acceptors (Lipinski definition) is 2. The van der Waals surface area contributed by atoms with E-state index in [4.69, 9.17) is 0 Å². The summed E-state index contributed by atoms with van der Waals surface area (Å²) in [5, 5.41) is 0. The Kier molecular flexibility index (Phi) is 6.72. The van der Waals surface area contributed by atoms with Gasteiger partial charge in [-0.15, -0.1) is 0 Å². The van der Waals surface area contributed by atoms with Crippen LogP contribution in [0.4, 0.5) is 0 Å². The molecule has 1 saturated heterocycles. The molecule has 2 fully saturated rings. The first-order valence-corrected chi connectivity index (χ1v) is 11.6. The van der Waals surface area contributed by atoms with Gasteiger partial charge in [-0.1, -0.05) is 74.5 Å². The monoisotopic (exact) mass is 390 g/mol. The molecular formula is C27H38N2. The lowest BCUT2D eigenvalue weighted by Gasteiger charge is -2.45. The second-order valence-electron chi connectivity index (χ2n) is 10.0. The average molecular weight is 391 g/mol. The molecule has 1 heterocycles. The van der Waals surface area contributed by atoms with E-state index in [1.165, 1.54) is 62.7 Å². The molecule has 0 aromatic heterocycles. The SMILES string of the molecule is CC1(C)CCN([C@H]2CC[C@@H](N(Cc3ccccc3)Cc3ccccc3)CC2)CC1. The molecule has 0 bridgehead atoms. The van der Waals surface area contributed by atoms with E-state index in [0.29, 0.717) is 11.5 Å². The van der Waals surface area contributed by atoms with E-state index in [-0.39, 0.29) is 0 Å². The van der Waals surface area contributed by atoms with Gasteiger partial charge < -0.3 is 4.90 Å². The van der Waals surface area contributed by atoms with Crippen LogP contribution >= 0.6 is 0 Å². The predicted octanol–water partition coefficient (Wildman–Crippen LogP) is 6.12. The van der Waals surface area contributed by atoms with Crippen LogP contribution in [0.3, 0.4) is 0 Å². The van der Waals surface area contributed by atoms with E-state index in [1.807, 2.05) is 0 Å². The maximum atomic E-state index is 2.81. The van der Waals surface area contributed by atoms with E-state index in [1.54, 1.807) is 0 Å². The number of hydrogen-bond donors (Lipinski definition) is 0. The summed E-state index contributed by atoms with van der Waals surface area (Å²) in [4.78, 5) is 5.54. The van der Waals surface area contributed by atoms with E-state index < -0.39 is 0 Å². The van der Waals surface area contributed by atoms with E-state index in [9.17, 15) is 0 Å². The molecule has 1 aliphatic carbocycles. The molecule has 1 aliphatic heterocycles. The third-order valence-corrected chi connectivity index (χ3v) is 7.31. The minimum atomic E-state index is 0.551. The summed E-state index contributed by atoms with van der Waals surface area (Å²) in [6, 6.07) is 23.6. The summed E-state index contributed by atoms with van der Waals surface area (Å²) in [5.41, 5.74) is 3.42. The van der Waals surface area contributed by atoms with Gasteiger partial charge in [0.15, 0.2) is 0 Å². The number of piperidine rings is 1. The molecule has 0 unspecified atom stereocenters. The molecule has 0 radical (unpaired) electrons. The predicted molar refractivity (Wildman–Crippen MR) is 123 cm³/mol. The van der Waals surface area contributed by atoms with Gasteiger partial charge in [-0.3, -0.25) is 4.90 Å². The highest BCUT2D eigenvalue weighted by molar-refractivity contribution is 5.17. The zero-order valence-electron chi connectivity index (χ0n) is 18.4. The van der Waals surface area contributed by atoms with Gasteiger partial charge in [0.2, 0.25) is 0 Å². The van der Waals surface area contributed by atoms with Crippen LogP contribution in [-0.4, -0.2) is 35.0 Å². The first-order chi connectivity index (χ1) is 14.1. The smallest absolute Gasteiger partial charge is 0.0240 e. The highest BCUT2D eigenvalue weighted by atomic mass is 15.2. The van der Waals surface area contributed by atoms with Gasteiger partial charge in [0.05, 0.1) is 0 Å². The first kappa shape index (κ1) is 20.6. The number of rotatable bonds is 6. The van der Waals surface area contributed by atoms with Crippen molar-refractivity contribution in [2.24, 2.45) is 5.41 Å². The normalized spacial score (nSPS) is 25.2. The molecule has 2 aliphatic rings. The Labute approximate surface area is 177 Å². The molecule has 1 saturated carbocycles. The molecule has 2 aromatic carbocycles. The average Bonchev–Trinajstić information content (AvgIpc) is 2.75. The maximum Gasteiger partial charge on any atom is 0.0240 e. The van der Waals surface area contributed by atoms with Crippen molar-refractivity contribution in [3.05, 3.63) is 71.8 Å². The molecule has 0 spiro atoms. The zero-order valence-corrected chi connectivity index (χ0v) is 18.4. The summed E-state index contributed by atoms with van der Waals surface area (Å²) in [6.07, 6.45) is 8.13. The minimum Gasteiger partial charge on any atom is -0.300 e. The largest absolute Gasteiger partial charge is 0.300 e. The van der Waals surface area contributed by atoms with Crippen molar-refractivity contribution in [2.45, 2.75) is 77.5 Å². The Morgan fingerprint density at radius 1 is 0.759 bits per heavy atom. The zero-order chi connectivity index (χ0) is 20.1. The summed E-state index contributed by atoms with van der Waals surface area (Å²) in [6.45, 7) is 9.60. The van der Waals surface area contributed by atoms with Crippen molar-refractivity contribution >= 4 is 0 Å². The Hall–Kier alpha value is -1.64. The lowest BCUT2D eigenvalue weighted by atomic mass is 9.80. The summed E-state index contributed by atoms with van der Waals surface area (Å²) >= 11 is 0. The Morgan fingerprint density at radius 3 is 1.72 bits per heavy atom. The van der Waals surface area contributed by atoms with Gasteiger partial charge in [0, 0.05) is 25.2 Å². The molecule has 4 rings (SSSR count). The topological polar surface area (TPSA) is 6.48 Å². The van der Waals surface area contributed by atoms with E-state index in [0.717, 1.165) is 19.1 Å². The number of benzene rings is 2. The van der Waals surface area contributed by atoms with Crippen molar-refractivity contribution in [1.82, 2.24) is 9.80 Å². The minimum absolute atomic E-state index is 0.551. The van der Waals surface area contributed by atoms with Crippen molar-refractivity contribution < 1.29 is 0 Å². The summed E-state index contributed by atoms with van der Waals surface area (Å²) < 4.78 is 0. The van der Waals surface area contributed by atoms with Crippen molar-refractivity contribution in [3.63, 3.8) is 0 Å². The lowest BCUT2D eigenvalue weighted by Crippen LogP contribution is -2.47. The second kappa shape index (κ2) is 9.45. The Morgan fingerprint density at radius 2 is 1.24 bits per heavy atom. The summed E-state index contributed by atoms with van der Waals surface area (Å²) in [7, 11) is 0. The standard InChI is InChI=1S/C27H38N2/c1-27(2)17-19-28(20-18-27)25-13-15-26(16-14-25)29(21-23-9-5-3-6-10-23)22-24-11-7-4-8-12-24/h3-12,25-26H,13-22H2,1-2H3/t25-,26+. The van der Waals surface area contributed by atoms with Crippen LogP contribution < -0.4 is 0 Å². The van der Waals surface area contributed by atoms with Gasteiger partial charge in [0.25, 0.3) is 0 Å². The van der Waals surface area contributed by atoms with Crippen LogP contribution in [-0.2, 0) is 13.1 Å². The first-order valence-electron chi connectivity index (χ1n) is 11.6. The number of nitrogens with zero attached hydrogens (tertiary/aromatic N) is 2. The van der Waals surface area contributed by atoms with Gasteiger partial charge >= 0.3 is 0 Å². The third-order valence-electron chi connectivity index (χ3n) is 7.31. The highest BCUT2D eigenvalue weighted by Gasteiger charge is 2.33. The maximum absolute atomic E-state index is 2.81. The molecule has 156 valence electrons. The second-order valence-corrected chi connectivity index (χ2v) is 10.0. The summed E-state index contributed by atoms with van der Waals surface area (Å²) in [5.74, 6) is 0. The van der Waals surface area contributed by atoms with Crippen LogP contribution in [0.2, 0.25) is 0 Å². The lowest BCUT2D eigenvalue weighted by molar-refractivity contribution is 0.0497. The Balaban J connectivity index is 1.38. The van der Waals surface area contributed by atoms with Crippen molar-refractivity contribution in [2.75, 3.05) is 13.1 Å². The quantitative estimate of drug-likeness (QED) is 0.586.